The van der Waals surface area contributed by atoms with Gasteiger partial charge < -0.3 is 14.0 Å². The van der Waals surface area contributed by atoms with E-state index in [1.54, 1.807) is 24.1 Å². The molecule has 0 saturated carbocycles. The monoisotopic (exact) mass is 403 g/mol. The smallest absolute Gasteiger partial charge is 0.341 e. The van der Waals surface area contributed by atoms with E-state index in [9.17, 15) is 9.59 Å². The van der Waals surface area contributed by atoms with Crippen LogP contribution < -0.4 is 10.3 Å². The zero-order chi connectivity index (χ0) is 21.3. The predicted molar refractivity (Wildman–Crippen MR) is 113 cm³/mol. The molecule has 0 bridgehead atoms. The van der Waals surface area contributed by atoms with Gasteiger partial charge in [-0.3, -0.25) is 4.79 Å². The van der Waals surface area contributed by atoms with E-state index in [1.807, 2.05) is 55.5 Å². The number of carbonyl (C=O) groups excluding carboxylic acids is 1. The number of benzene rings is 2. The molecule has 0 aromatic heterocycles. The molecule has 2 aliphatic rings. The predicted octanol–water partition coefficient (Wildman–Crippen LogP) is 3.29. The minimum absolute atomic E-state index is 0.243. The Morgan fingerprint density at radius 3 is 2.50 bits per heavy atom. The maximum absolute atomic E-state index is 13.1. The molecule has 30 heavy (non-hydrogen) atoms. The number of hydrogen-bond acceptors (Lipinski definition) is 5. The van der Waals surface area contributed by atoms with Crippen LogP contribution in [0.15, 0.2) is 65.7 Å². The van der Waals surface area contributed by atoms with Gasteiger partial charge in [-0.05, 0) is 42.3 Å². The first-order chi connectivity index (χ1) is 14.5. The Morgan fingerprint density at radius 2 is 1.83 bits per heavy atom. The molecule has 0 amide bonds. The largest absolute Gasteiger partial charge is 0.497 e. The van der Waals surface area contributed by atoms with Crippen molar-refractivity contribution < 1.29 is 14.3 Å². The average Bonchev–Trinajstić information content (AvgIpc) is 3.10. The molecule has 152 valence electrons. The van der Waals surface area contributed by atoms with E-state index >= 15 is 0 Å². The van der Waals surface area contributed by atoms with Crippen molar-refractivity contribution in [1.82, 2.24) is 14.3 Å². The number of methoxy groups -OCH3 is 2. The quantitative estimate of drug-likeness (QED) is 0.478. The van der Waals surface area contributed by atoms with Crippen LogP contribution in [0.2, 0.25) is 0 Å². The van der Waals surface area contributed by atoms with Crippen LogP contribution in [0, 0.1) is 6.92 Å². The molecule has 7 heteroatoms. The highest BCUT2D eigenvalue weighted by Gasteiger charge is 2.25. The summed E-state index contributed by atoms with van der Waals surface area (Å²) in [5.74, 6) is 0.216. The molecule has 0 spiro atoms. The summed E-state index contributed by atoms with van der Waals surface area (Å²) >= 11 is 0. The van der Waals surface area contributed by atoms with E-state index in [1.165, 1.54) is 11.8 Å². The summed E-state index contributed by atoms with van der Waals surface area (Å²) in [5, 5.41) is 4.44. The van der Waals surface area contributed by atoms with Gasteiger partial charge >= 0.3 is 5.97 Å². The van der Waals surface area contributed by atoms with Gasteiger partial charge in [0.1, 0.15) is 17.0 Å². The molecular formula is C23H21N3O4. The summed E-state index contributed by atoms with van der Waals surface area (Å²) in [6.07, 6.45) is 3.37. The number of aromatic nitrogens is 3. The van der Waals surface area contributed by atoms with E-state index in [0.717, 1.165) is 16.9 Å². The van der Waals surface area contributed by atoms with Gasteiger partial charge in [-0.25, -0.2) is 4.79 Å². The van der Waals surface area contributed by atoms with Gasteiger partial charge in [0.05, 0.1) is 25.5 Å². The fourth-order valence-corrected chi connectivity index (χ4v) is 3.39. The van der Waals surface area contributed by atoms with E-state index in [0.29, 0.717) is 23.5 Å². The van der Waals surface area contributed by atoms with Crippen LogP contribution in [0.3, 0.4) is 0 Å². The van der Waals surface area contributed by atoms with Crippen molar-refractivity contribution >= 4 is 5.97 Å². The van der Waals surface area contributed by atoms with Gasteiger partial charge in [-0.15, -0.1) is 0 Å². The lowest BCUT2D eigenvalue weighted by Crippen LogP contribution is -2.16. The number of fused-ring (bicyclic) bond motifs is 1. The Morgan fingerprint density at radius 1 is 1.07 bits per heavy atom. The Hall–Kier alpha value is -3.87. The highest BCUT2D eigenvalue weighted by Crippen LogP contribution is 2.24. The Bertz CT molecular complexity index is 1240. The number of esters is 1. The molecule has 0 saturated heterocycles. The van der Waals surface area contributed by atoms with Crippen LogP contribution in [0.5, 0.6) is 5.75 Å². The van der Waals surface area contributed by atoms with E-state index in [2.05, 4.69) is 5.10 Å². The zero-order valence-corrected chi connectivity index (χ0v) is 17.0. The summed E-state index contributed by atoms with van der Waals surface area (Å²) in [7, 11) is 2.92. The van der Waals surface area contributed by atoms with Crippen molar-refractivity contribution in [2.45, 2.75) is 13.5 Å². The molecule has 0 radical (unpaired) electrons. The Labute approximate surface area is 173 Å². The minimum Gasteiger partial charge on any atom is -0.497 e. The molecule has 0 N–H and O–H groups in total. The van der Waals surface area contributed by atoms with Gasteiger partial charge in [-0.1, -0.05) is 24.3 Å². The second-order valence-electron chi connectivity index (χ2n) is 7.00. The van der Waals surface area contributed by atoms with Crippen LogP contribution in [-0.4, -0.2) is 34.5 Å². The number of pyridine rings is 1. The van der Waals surface area contributed by atoms with Gasteiger partial charge in [0.15, 0.2) is 0 Å². The molecule has 2 aromatic carbocycles. The molecular weight excluding hydrogens is 382 g/mol. The molecule has 0 unspecified atom stereocenters. The molecule has 2 heterocycles. The van der Waals surface area contributed by atoms with Crippen molar-refractivity contribution in [2.75, 3.05) is 14.2 Å². The van der Waals surface area contributed by atoms with Crippen LogP contribution >= 0.6 is 0 Å². The van der Waals surface area contributed by atoms with Crippen molar-refractivity contribution in [3.05, 3.63) is 88.0 Å². The minimum atomic E-state index is -0.544. The molecule has 7 nitrogen and oxygen atoms in total. The lowest BCUT2D eigenvalue weighted by Gasteiger charge is -2.12. The fourth-order valence-electron chi connectivity index (χ4n) is 3.39. The molecule has 0 fully saturated rings. The van der Waals surface area contributed by atoms with Crippen LogP contribution in [-0.2, 0) is 11.3 Å². The van der Waals surface area contributed by atoms with Gasteiger partial charge in [0, 0.05) is 18.9 Å². The van der Waals surface area contributed by atoms with E-state index in [-0.39, 0.29) is 11.1 Å². The van der Waals surface area contributed by atoms with Crippen molar-refractivity contribution in [1.29, 1.82) is 0 Å². The molecule has 0 aliphatic carbocycles. The number of nitrogens with zero attached hydrogens (tertiary/aromatic N) is 3. The fraction of sp³-hybridized carbons (Fsp3) is 0.174. The zero-order valence-electron chi connectivity index (χ0n) is 17.0. The summed E-state index contributed by atoms with van der Waals surface area (Å²) in [4.78, 5) is 25.5. The third-order valence-electron chi connectivity index (χ3n) is 4.90. The number of aryl methyl sites for hydroxylation is 1. The summed E-state index contributed by atoms with van der Waals surface area (Å²) in [5.41, 5.74) is 3.28. The third kappa shape index (κ3) is 3.57. The van der Waals surface area contributed by atoms with Gasteiger partial charge in [-0.2, -0.15) is 9.78 Å². The molecule has 2 aliphatic heterocycles. The molecule has 0 atom stereocenters. The van der Waals surface area contributed by atoms with Crippen LogP contribution in [0.1, 0.15) is 21.5 Å². The third-order valence-corrected chi connectivity index (χ3v) is 4.90. The maximum Gasteiger partial charge on any atom is 0.341 e. The first kappa shape index (κ1) is 19.4. The highest BCUT2D eigenvalue weighted by molar-refractivity contribution is 5.96. The average molecular weight is 403 g/mol. The molecule has 2 aromatic rings. The SMILES string of the molecule is COC(=O)c1cn(Cc2ccc(OC)cc2)cc2c(=O)n(-c3cccc(C)c3)nc1-2. The van der Waals surface area contributed by atoms with E-state index in [4.69, 9.17) is 9.47 Å². The first-order valence-electron chi connectivity index (χ1n) is 9.41. The molecule has 4 rings (SSSR count). The van der Waals surface area contributed by atoms with Crippen LogP contribution in [0.4, 0.5) is 0 Å². The normalized spacial score (nSPS) is 10.9. The summed E-state index contributed by atoms with van der Waals surface area (Å²) < 4.78 is 13.2. The Kier molecular flexibility index (Phi) is 5.10. The number of ether oxygens (including phenoxy) is 2. The topological polar surface area (TPSA) is 75.3 Å². The van der Waals surface area contributed by atoms with Gasteiger partial charge in [0.25, 0.3) is 5.56 Å². The standard InChI is InChI=1S/C23H21N3O4/c1-15-5-4-6-17(11-15)26-22(27)19-13-25(12-16-7-9-18(29-2)10-8-16)14-20(21(19)24-26)23(28)30-3/h4-11,13-14H,12H2,1-3H3. The van der Waals surface area contributed by atoms with Gasteiger partial charge in [0.2, 0.25) is 0 Å². The second-order valence-corrected chi connectivity index (χ2v) is 7.00. The first-order valence-corrected chi connectivity index (χ1v) is 9.41. The second kappa shape index (κ2) is 7.87. The van der Waals surface area contributed by atoms with E-state index < -0.39 is 5.97 Å². The lowest BCUT2D eigenvalue weighted by molar-refractivity contribution is 0.0600. The number of hydrogen-bond donors (Lipinski definition) is 0. The maximum atomic E-state index is 13.1. The van der Waals surface area contributed by atoms with Crippen molar-refractivity contribution in [2.24, 2.45) is 0 Å². The summed E-state index contributed by atoms with van der Waals surface area (Å²) in [6.45, 7) is 2.42. The number of carbonyl (C=O) groups is 1. The Balaban J connectivity index is 1.84. The van der Waals surface area contributed by atoms with Crippen LogP contribution in [0.25, 0.3) is 16.9 Å². The lowest BCUT2D eigenvalue weighted by atomic mass is 10.1. The highest BCUT2D eigenvalue weighted by atomic mass is 16.5. The summed E-state index contributed by atoms with van der Waals surface area (Å²) in [6, 6.07) is 15.1. The van der Waals surface area contributed by atoms with Crippen molar-refractivity contribution in [3.8, 4) is 22.7 Å². The van der Waals surface area contributed by atoms with Crippen molar-refractivity contribution in [3.63, 3.8) is 0 Å². The number of rotatable bonds is 5.